The number of ether oxygens (including phenoxy) is 4. The molecular formula is C55H69F3N6O10. The van der Waals surface area contributed by atoms with Crippen molar-refractivity contribution in [1.82, 2.24) is 20.9 Å². The van der Waals surface area contributed by atoms with Crippen LogP contribution in [0.4, 0.5) is 24.5 Å². The molecule has 5 rings (SSSR count). The number of hydrogen-bond donors (Lipinski definition) is 5. The molecule has 0 bridgehead atoms. The number of rotatable bonds is 27. The predicted molar refractivity (Wildman–Crippen MR) is 273 cm³/mol. The molecule has 0 aromatic heterocycles. The lowest BCUT2D eigenvalue weighted by Crippen LogP contribution is -2.53. The maximum absolute atomic E-state index is 14.0. The van der Waals surface area contributed by atoms with Crippen LogP contribution in [0, 0.1) is 5.41 Å². The molecule has 6 N–H and O–H groups in total. The van der Waals surface area contributed by atoms with E-state index in [1.165, 1.54) is 17.0 Å². The number of unbranched alkanes of at least 4 members (excludes halogenated alkanes) is 1. The molecule has 1 heterocycles. The fourth-order valence-corrected chi connectivity index (χ4v) is 8.12. The van der Waals surface area contributed by atoms with Crippen LogP contribution in [0.5, 0.6) is 17.2 Å². The summed E-state index contributed by atoms with van der Waals surface area (Å²) in [4.78, 5) is 80.2. The molecule has 400 valence electrons. The van der Waals surface area contributed by atoms with Gasteiger partial charge in [0.2, 0.25) is 11.7 Å². The number of alkyl halides is 3. The van der Waals surface area contributed by atoms with Crippen molar-refractivity contribution in [2.24, 2.45) is 11.1 Å². The second-order valence-electron chi connectivity index (χ2n) is 18.7. The second kappa shape index (κ2) is 27.8. The Balaban J connectivity index is 1.03. The molecule has 1 aliphatic heterocycles. The first-order valence-electron chi connectivity index (χ1n) is 25.0. The summed E-state index contributed by atoms with van der Waals surface area (Å²) in [5.74, 6) is -1.40. The third kappa shape index (κ3) is 17.0. The summed E-state index contributed by atoms with van der Waals surface area (Å²) < 4.78 is 62.4. The van der Waals surface area contributed by atoms with Gasteiger partial charge in [0, 0.05) is 37.3 Å². The van der Waals surface area contributed by atoms with E-state index in [1.54, 1.807) is 82.7 Å². The van der Waals surface area contributed by atoms with Gasteiger partial charge in [-0.3, -0.25) is 24.0 Å². The Bertz CT molecular complexity index is 2540. The molecule has 1 saturated heterocycles. The van der Waals surface area contributed by atoms with Crippen LogP contribution in [0.25, 0.3) is 0 Å². The van der Waals surface area contributed by atoms with Gasteiger partial charge >= 0.3 is 12.1 Å². The number of anilines is 2. The van der Waals surface area contributed by atoms with Crippen molar-refractivity contribution in [2.75, 3.05) is 52.3 Å². The van der Waals surface area contributed by atoms with Crippen LogP contribution in [-0.2, 0) is 41.3 Å². The number of carbonyl (C=O) groups excluding carboxylic acids is 6. The van der Waals surface area contributed by atoms with Gasteiger partial charge in [-0.15, -0.1) is 0 Å². The smallest absolute Gasteiger partial charge is 0.416 e. The quantitative estimate of drug-likeness (QED) is 0.0218. The van der Waals surface area contributed by atoms with Crippen molar-refractivity contribution in [3.63, 3.8) is 0 Å². The number of esters is 1. The number of nitrogens with two attached hydrogens (primary N) is 1. The minimum Gasteiger partial charge on any atom is -0.493 e. The van der Waals surface area contributed by atoms with Gasteiger partial charge in [0.25, 0.3) is 17.7 Å². The Hall–Kier alpha value is -7.15. The van der Waals surface area contributed by atoms with Crippen LogP contribution in [0.3, 0.4) is 0 Å². The highest BCUT2D eigenvalue weighted by Gasteiger charge is 2.41. The summed E-state index contributed by atoms with van der Waals surface area (Å²) >= 11 is 0. The van der Waals surface area contributed by atoms with Gasteiger partial charge in [-0.2, -0.15) is 13.2 Å². The van der Waals surface area contributed by atoms with E-state index in [2.05, 4.69) is 21.3 Å². The van der Waals surface area contributed by atoms with Crippen molar-refractivity contribution in [1.29, 1.82) is 0 Å². The molecule has 0 aliphatic carbocycles. The van der Waals surface area contributed by atoms with Gasteiger partial charge in [0.05, 0.1) is 37.1 Å². The van der Waals surface area contributed by atoms with E-state index in [9.17, 15) is 41.9 Å². The number of methoxy groups -OCH3 is 2. The monoisotopic (exact) mass is 1030 g/mol. The van der Waals surface area contributed by atoms with Crippen LogP contribution in [0.1, 0.15) is 112 Å². The van der Waals surface area contributed by atoms with Gasteiger partial charge < -0.3 is 50.8 Å². The van der Waals surface area contributed by atoms with E-state index in [0.717, 1.165) is 17.7 Å². The highest BCUT2D eigenvalue weighted by Crippen LogP contribution is 2.34. The zero-order valence-corrected chi connectivity index (χ0v) is 42.7. The number of benzene rings is 4. The molecule has 4 aromatic carbocycles. The summed E-state index contributed by atoms with van der Waals surface area (Å²) in [5, 5.41) is 11.2. The normalized spacial score (nSPS) is 14.4. The van der Waals surface area contributed by atoms with Gasteiger partial charge in [-0.05, 0) is 130 Å². The third-order valence-electron chi connectivity index (χ3n) is 12.9. The highest BCUT2D eigenvalue weighted by atomic mass is 19.4. The Morgan fingerprint density at radius 2 is 1.50 bits per heavy atom. The van der Waals surface area contributed by atoms with Crippen LogP contribution in [0.2, 0.25) is 0 Å². The van der Waals surface area contributed by atoms with Gasteiger partial charge in [-0.1, -0.05) is 57.2 Å². The number of amides is 4. The average Bonchev–Trinajstić information content (AvgIpc) is 3.40. The van der Waals surface area contributed by atoms with E-state index < -0.39 is 58.9 Å². The molecule has 4 aromatic rings. The van der Waals surface area contributed by atoms with E-state index >= 15 is 0 Å². The number of para-hydroxylation sites is 1. The minimum absolute atomic E-state index is 0.177. The average molecular weight is 1030 g/mol. The molecule has 3 atom stereocenters. The van der Waals surface area contributed by atoms with Crippen molar-refractivity contribution in [3.05, 3.63) is 113 Å². The zero-order chi connectivity index (χ0) is 53.8. The molecular weight excluding hydrogens is 962 g/mol. The molecule has 0 radical (unpaired) electrons. The third-order valence-corrected chi connectivity index (χ3v) is 12.9. The molecule has 1 aliphatic rings. The van der Waals surface area contributed by atoms with Crippen LogP contribution < -0.4 is 41.2 Å². The summed E-state index contributed by atoms with van der Waals surface area (Å²) in [7, 11) is 3.10. The molecule has 19 heteroatoms. The summed E-state index contributed by atoms with van der Waals surface area (Å²) in [5.41, 5.74) is 6.75. The number of piperidine rings is 1. The van der Waals surface area contributed by atoms with E-state index in [-0.39, 0.29) is 49.3 Å². The molecule has 0 spiro atoms. The van der Waals surface area contributed by atoms with E-state index in [4.69, 9.17) is 24.7 Å². The Morgan fingerprint density at radius 3 is 2.22 bits per heavy atom. The maximum atomic E-state index is 14.0. The van der Waals surface area contributed by atoms with Crippen molar-refractivity contribution in [3.8, 4) is 17.2 Å². The lowest BCUT2D eigenvalue weighted by molar-refractivity contribution is -0.164. The van der Waals surface area contributed by atoms with Gasteiger partial charge in [0.15, 0.2) is 18.1 Å². The summed E-state index contributed by atoms with van der Waals surface area (Å²) in [6.45, 7) is 6.11. The zero-order valence-electron chi connectivity index (χ0n) is 42.7. The Morgan fingerprint density at radius 1 is 0.784 bits per heavy atom. The van der Waals surface area contributed by atoms with Crippen LogP contribution >= 0.6 is 0 Å². The van der Waals surface area contributed by atoms with Crippen LogP contribution in [-0.4, -0.2) is 99.4 Å². The number of likely N-dealkylation sites (tertiary alicyclic amines) is 1. The number of carbonyl (C=O) groups is 6. The summed E-state index contributed by atoms with van der Waals surface area (Å²) in [6.07, 6.45) is -0.272. The van der Waals surface area contributed by atoms with Crippen molar-refractivity contribution < 1.29 is 60.9 Å². The van der Waals surface area contributed by atoms with Gasteiger partial charge in [-0.25, -0.2) is 4.79 Å². The number of hydrogen-bond acceptors (Lipinski definition) is 12. The first-order chi connectivity index (χ1) is 35.3. The van der Waals surface area contributed by atoms with Crippen molar-refractivity contribution in [2.45, 2.75) is 109 Å². The minimum atomic E-state index is -4.51. The second-order valence-corrected chi connectivity index (χ2v) is 18.7. The number of aryl methyl sites for hydroxylation is 1. The number of Topliss-reactive ketones (excluding diaryl/α,β-unsaturated/α-hetero) is 1. The molecule has 74 heavy (non-hydrogen) atoms. The molecule has 16 nitrogen and oxygen atoms in total. The molecule has 1 fully saturated rings. The SMILES string of the molecule is CCC(C)(C)C(=O)C(=O)N1CCCC[C@H]1C(=O)O[C@H](CCc1ccc(OC)c(OC)c1)c1ccc(OCC(=O)NCCCCC(N)C(=O)NCCCNC(=O)c2ccccc2Nc2cccc(C(F)(F)F)c2)cc1. The number of halogens is 3. The number of nitrogens with one attached hydrogen (secondary N) is 4. The van der Waals surface area contributed by atoms with E-state index in [0.29, 0.717) is 99.3 Å². The fourth-order valence-electron chi connectivity index (χ4n) is 8.12. The largest absolute Gasteiger partial charge is 0.493 e. The van der Waals surface area contributed by atoms with Crippen LogP contribution in [0.15, 0.2) is 91.0 Å². The molecule has 4 amide bonds. The molecule has 1 unspecified atom stereocenters. The highest BCUT2D eigenvalue weighted by molar-refractivity contribution is 6.38. The van der Waals surface area contributed by atoms with E-state index in [1.807, 2.05) is 19.1 Å². The van der Waals surface area contributed by atoms with Gasteiger partial charge in [0.1, 0.15) is 17.9 Å². The predicted octanol–water partition coefficient (Wildman–Crippen LogP) is 8.00. The first-order valence-corrected chi connectivity index (χ1v) is 25.0. The molecule has 0 saturated carbocycles. The fraction of sp³-hybridized carbons (Fsp3) is 0.455. The Labute approximate surface area is 430 Å². The standard InChI is InChI=1S/C55H69F3N6O10/c1-6-54(2,3)49(66)52(69)64-32-12-10-20-44(64)53(70)74-45(27-21-36-22-28-46(71-4)47(33-36)72-5)37-23-25-40(26-24-37)73-35-48(65)60-29-11-9-18-42(59)51(68)62-31-14-30-61-50(67)41-17-7-8-19-43(41)63-39-16-13-15-38(34-39)55(56,57)58/h7-8,13,15-17,19,22-26,28,33-34,42,44-45,63H,6,9-12,14,18,20-21,27,29-32,35,59H2,1-5H3,(H,60,65)(H,61,67)(H,62,68)/t42?,44-,45+/m0/s1. The maximum Gasteiger partial charge on any atom is 0.416 e. The lowest BCUT2D eigenvalue weighted by atomic mass is 9.84. The topological polar surface area (TPSA) is 217 Å². The lowest BCUT2D eigenvalue weighted by Gasteiger charge is -2.36. The number of nitrogens with zero attached hydrogens (tertiary/aromatic N) is 1. The summed E-state index contributed by atoms with van der Waals surface area (Å²) in [6, 6.07) is 21.9. The van der Waals surface area contributed by atoms with Crippen molar-refractivity contribution >= 4 is 46.8 Å². The Kier molecular flexibility index (Phi) is 21.7. The number of ketones is 1. The first kappa shape index (κ1) is 57.7.